The number of halogens is 1. The molecule has 0 saturated heterocycles. The fourth-order valence-corrected chi connectivity index (χ4v) is 4.68. The van der Waals surface area contributed by atoms with Crippen LogP contribution in [0.1, 0.15) is 30.9 Å². The van der Waals surface area contributed by atoms with Gasteiger partial charge in [0.1, 0.15) is 10.6 Å². The Kier molecular flexibility index (Phi) is 5.55. The smallest absolute Gasteiger partial charge is 0.269 e. The highest BCUT2D eigenvalue weighted by Gasteiger charge is 2.32. The number of hydrogen-bond acceptors (Lipinski definition) is 7. The summed E-state index contributed by atoms with van der Waals surface area (Å²) in [5.41, 5.74) is -0.612. The number of phenolic OH excluding ortho intramolecular Hbond substituents is 1. The van der Waals surface area contributed by atoms with Gasteiger partial charge in [0.25, 0.3) is 10.0 Å². The van der Waals surface area contributed by atoms with Crippen LogP contribution >= 0.6 is 11.6 Å². The number of sulfonamides is 1. The first kappa shape index (κ1) is 20.8. The number of aromatic hydroxyl groups is 1. The Bertz CT molecular complexity index is 1090. The molecule has 0 unspecified atom stereocenters. The second-order valence-electron chi connectivity index (χ2n) is 6.94. The molecule has 0 aromatic heterocycles. The fourth-order valence-electron chi connectivity index (χ4n) is 3.09. The van der Waals surface area contributed by atoms with Crippen LogP contribution in [0, 0.1) is 5.92 Å². The van der Waals surface area contributed by atoms with Crippen molar-refractivity contribution in [2.75, 3.05) is 19.5 Å². The van der Waals surface area contributed by atoms with E-state index in [9.17, 15) is 23.1 Å². The summed E-state index contributed by atoms with van der Waals surface area (Å²) in [4.78, 5) is 28.2. The maximum atomic E-state index is 12.5. The fraction of sp³-hybridized carbons (Fsp3) is 0.444. The standard InChI is InChI=1S/C18H21ClN2O6S/c1-9(10-4-5-10)20-14-12(16(23)17(14)24)8-11-6-7-13(19)18(15(11)22)28(25,26)21(2)27-3/h6-7,9-10,20,22H,4-5,8H2,1-3H3/t9-/m0/s1. The quantitative estimate of drug-likeness (QED) is 0.485. The van der Waals surface area contributed by atoms with E-state index >= 15 is 0 Å². The third kappa shape index (κ3) is 3.55. The van der Waals surface area contributed by atoms with E-state index in [0.29, 0.717) is 10.4 Å². The molecule has 8 nitrogen and oxygen atoms in total. The van der Waals surface area contributed by atoms with Gasteiger partial charge in [-0.2, -0.15) is 0 Å². The largest absolute Gasteiger partial charge is 0.506 e. The number of hydrogen-bond donors (Lipinski definition) is 2. The Balaban J connectivity index is 1.97. The van der Waals surface area contributed by atoms with Crippen molar-refractivity contribution in [2.45, 2.75) is 37.1 Å². The van der Waals surface area contributed by atoms with Crippen LogP contribution in [0.15, 0.2) is 26.6 Å². The first-order valence-corrected chi connectivity index (χ1v) is 10.5. The van der Waals surface area contributed by atoms with Gasteiger partial charge in [0.15, 0.2) is 0 Å². The highest BCUT2D eigenvalue weighted by atomic mass is 35.5. The lowest BCUT2D eigenvalue weighted by Crippen LogP contribution is -2.40. The molecule has 0 amide bonds. The molecule has 0 aliphatic heterocycles. The first-order chi connectivity index (χ1) is 13.1. The van der Waals surface area contributed by atoms with Crippen LogP contribution in [0.3, 0.4) is 0 Å². The Morgan fingerprint density at radius 3 is 2.54 bits per heavy atom. The number of nitrogens with zero attached hydrogens (tertiary/aromatic N) is 1. The van der Waals surface area contributed by atoms with Crippen LogP contribution in [0.5, 0.6) is 5.75 Å². The monoisotopic (exact) mass is 428 g/mol. The highest BCUT2D eigenvalue weighted by molar-refractivity contribution is 7.89. The predicted octanol–water partition coefficient (Wildman–Crippen LogP) is 1.62. The van der Waals surface area contributed by atoms with Gasteiger partial charge in [-0.05, 0) is 37.3 Å². The Labute approximate surface area is 167 Å². The molecule has 1 fully saturated rings. The summed E-state index contributed by atoms with van der Waals surface area (Å²) in [6.07, 6.45) is 2.06. The van der Waals surface area contributed by atoms with E-state index in [-0.39, 0.29) is 34.3 Å². The number of rotatable bonds is 8. The summed E-state index contributed by atoms with van der Waals surface area (Å²) in [6.45, 7) is 1.95. The SMILES string of the molecule is CON(C)S(=O)(=O)c1c(Cl)ccc(Cc2c(N[C@@H](C)C3CC3)c(=O)c2=O)c1O. The van der Waals surface area contributed by atoms with Gasteiger partial charge in [0, 0.05) is 25.1 Å². The molecule has 10 heteroatoms. The van der Waals surface area contributed by atoms with Gasteiger partial charge < -0.3 is 10.4 Å². The molecule has 1 aliphatic rings. The number of anilines is 1. The molecule has 2 aromatic rings. The second-order valence-corrected chi connectivity index (χ2v) is 9.22. The Morgan fingerprint density at radius 2 is 1.96 bits per heavy atom. The zero-order valence-corrected chi connectivity index (χ0v) is 17.2. The lowest BCUT2D eigenvalue weighted by Gasteiger charge is -2.20. The molecule has 0 radical (unpaired) electrons. The third-order valence-electron chi connectivity index (χ3n) is 5.10. The number of nitrogens with one attached hydrogen (secondary N) is 1. The maximum Gasteiger partial charge on any atom is 0.269 e. The van der Waals surface area contributed by atoms with Crippen LogP contribution in [-0.2, 0) is 21.3 Å². The Hall–Kier alpha value is -1.94. The average molecular weight is 429 g/mol. The zero-order chi connectivity index (χ0) is 20.8. The van der Waals surface area contributed by atoms with Crippen molar-refractivity contribution in [2.24, 2.45) is 5.92 Å². The Morgan fingerprint density at radius 1 is 1.32 bits per heavy atom. The molecule has 0 bridgehead atoms. The van der Waals surface area contributed by atoms with Crippen molar-refractivity contribution in [1.82, 2.24) is 4.47 Å². The van der Waals surface area contributed by atoms with Gasteiger partial charge in [-0.25, -0.2) is 8.42 Å². The summed E-state index contributed by atoms with van der Waals surface area (Å²) in [5, 5.41) is 13.5. The minimum Gasteiger partial charge on any atom is -0.506 e. The van der Waals surface area contributed by atoms with Crippen LogP contribution in [0.25, 0.3) is 0 Å². The average Bonchev–Trinajstić information content (AvgIpc) is 3.49. The molecule has 3 rings (SSSR count). The molecule has 1 aliphatic carbocycles. The van der Waals surface area contributed by atoms with E-state index in [2.05, 4.69) is 5.32 Å². The number of phenols is 1. The number of benzene rings is 1. The van der Waals surface area contributed by atoms with E-state index < -0.39 is 31.5 Å². The predicted molar refractivity (Wildman–Crippen MR) is 105 cm³/mol. The van der Waals surface area contributed by atoms with Crippen molar-refractivity contribution in [1.29, 1.82) is 0 Å². The van der Waals surface area contributed by atoms with E-state index in [1.165, 1.54) is 12.1 Å². The van der Waals surface area contributed by atoms with Gasteiger partial charge in [-0.15, -0.1) is 0 Å². The topological polar surface area (TPSA) is 113 Å². The molecule has 0 spiro atoms. The zero-order valence-electron chi connectivity index (χ0n) is 15.7. The minimum absolute atomic E-state index is 0.0622. The van der Waals surface area contributed by atoms with Gasteiger partial charge in [0.05, 0.1) is 17.8 Å². The molecule has 0 heterocycles. The van der Waals surface area contributed by atoms with E-state index in [4.69, 9.17) is 16.4 Å². The molecule has 28 heavy (non-hydrogen) atoms. The van der Waals surface area contributed by atoms with Crippen LogP contribution in [0.4, 0.5) is 5.69 Å². The van der Waals surface area contributed by atoms with Crippen LogP contribution in [0.2, 0.25) is 5.02 Å². The second kappa shape index (κ2) is 7.47. The molecular weight excluding hydrogens is 408 g/mol. The molecule has 2 N–H and O–H groups in total. The molecule has 152 valence electrons. The van der Waals surface area contributed by atoms with E-state index in [1.54, 1.807) is 0 Å². The molecular formula is C18H21ClN2O6S. The summed E-state index contributed by atoms with van der Waals surface area (Å²) >= 11 is 6.00. The lowest BCUT2D eigenvalue weighted by atomic mass is 9.97. The van der Waals surface area contributed by atoms with Gasteiger partial charge in [-0.1, -0.05) is 22.1 Å². The summed E-state index contributed by atoms with van der Waals surface area (Å²) in [6, 6.07) is 2.81. The van der Waals surface area contributed by atoms with E-state index in [0.717, 1.165) is 27.0 Å². The highest BCUT2D eigenvalue weighted by Crippen LogP contribution is 2.37. The normalized spacial score (nSPS) is 15.9. The maximum absolute atomic E-state index is 12.5. The summed E-state index contributed by atoms with van der Waals surface area (Å²) in [7, 11) is -1.89. The van der Waals surface area contributed by atoms with Gasteiger partial charge >= 0.3 is 0 Å². The van der Waals surface area contributed by atoms with Gasteiger partial charge in [-0.3, -0.25) is 14.4 Å². The third-order valence-corrected chi connectivity index (χ3v) is 7.28. The molecule has 1 atom stereocenters. The van der Waals surface area contributed by atoms with Crippen molar-refractivity contribution >= 4 is 27.3 Å². The molecule has 1 saturated carbocycles. The van der Waals surface area contributed by atoms with Crippen molar-refractivity contribution in [3.63, 3.8) is 0 Å². The van der Waals surface area contributed by atoms with Crippen molar-refractivity contribution in [3.8, 4) is 5.75 Å². The molecule has 2 aromatic carbocycles. The summed E-state index contributed by atoms with van der Waals surface area (Å²) in [5.74, 6) is -0.104. The first-order valence-electron chi connectivity index (χ1n) is 8.71. The van der Waals surface area contributed by atoms with Crippen molar-refractivity contribution < 1.29 is 18.4 Å². The van der Waals surface area contributed by atoms with Crippen LogP contribution < -0.4 is 16.2 Å². The number of hydroxylamine groups is 1. The van der Waals surface area contributed by atoms with Gasteiger partial charge in [0.2, 0.25) is 10.9 Å². The van der Waals surface area contributed by atoms with E-state index in [1.807, 2.05) is 6.92 Å². The summed E-state index contributed by atoms with van der Waals surface area (Å²) < 4.78 is 25.7. The van der Waals surface area contributed by atoms with Crippen molar-refractivity contribution in [3.05, 3.63) is 48.7 Å². The minimum atomic E-state index is -4.21. The van der Waals surface area contributed by atoms with Crippen LogP contribution in [-0.4, -0.2) is 38.2 Å². The lowest BCUT2D eigenvalue weighted by molar-refractivity contribution is -0.0259.